The fourth-order valence-corrected chi connectivity index (χ4v) is 2.74. The lowest BCUT2D eigenvalue weighted by atomic mass is 10.00. The van der Waals surface area contributed by atoms with Crippen LogP contribution in [-0.2, 0) is 20.9 Å². The summed E-state index contributed by atoms with van der Waals surface area (Å²) >= 11 is 0. The minimum absolute atomic E-state index is 0.0352. The van der Waals surface area contributed by atoms with E-state index in [1.807, 2.05) is 30.3 Å². The molecule has 2 aliphatic rings. The Labute approximate surface area is 115 Å². The number of ether oxygens (including phenoxy) is 2. The molecule has 1 amide bonds. The van der Waals surface area contributed by atoms with Gasteiger partial charge < -0.3 is 14.6 Å². The van der Waals surface area contributed by atoms with Crippen molar-refractivity contribution in [3.05, 3.63) is 35.9 Å². The average molecular weight is 277 g/mol. The SMILES string of the molecule is O=C(OCc1ccccc1)N1CC2CC1(C(=O)O)CO2. The zero-order chi connectivity index (χ0) is 14.2. The molecule has 0 radical (unpaired) electrons. The van der Waals surface area contributed by atoms with Crippen molar-refractivity contribution in [2.75, 3.05) is 13.2 Å². The van der Waals surface area contributed by atoms with Crippen LogP contribution in [0.5, 0.6) is 0 Å². The first kappa shape index (κ1) is 12.9. The van der Waals surface area contributed by atoms with Crippen LogP contribution in [0.1, 0.15) is 12.0 Å². The largest absolute Gasteiger partial charge is 0.479 e. The summed E-state index contributed by atoms with van der Waals surface area (Å²) in [5, 5.41) is 9.37. The number of fused-ring (bicyclic) bond motifs is 2. The van der Waals surface area contributed by atoms with Crippen LogP contribution in [0.15, 0.2) is 30.3 Å². The predicted molar refractivity (Wildman–Crippen MR) is 68.1 cm³/mol. The van der Waals surface area contributed by atoms with E-state index in [1.54, 1.807) is 0 Å². The Kier molecular flexibility index (Phi) is 3.10. The highest BCUT2D eigenvalue weighted by atomic mass is 16.6. The maximum absolute atomic E-state index is 12.1. The fraction of sp³-hybridized carbons (Fsp3) is 0.429. The summed E-state index contributed by atoms with van der Waals surface area (Å²) in [7, 11) is 0. The van der Waals surface area contributed by atoms with Crippen LogP contribution in [-0.4, -0.2) is 46.9 Å². The average Bonchev–Trinajstić information content (AvgIpc) is 3.05. The second-order valence-electron chi connectivity index (χ2n) is 5.12. The highest BCUT2D eigenvalue weighted by Gasteiger charge is 2.59. The maximum Gasteiger partial charge on any atom is 0.411 e. The number of aliphatic carboxylic acids is 1. The molecule has 0 aliphatic carbocycles. The number of benzene rings is 1. The molecule has 2 bridgehead atoms. The minimum atomic E-state index is -1.25. The molecule has 2 aliphatic heterocycles. The summed E-state index contributed by atoms with van der Waals surface area (Å²) in [6, 6.07) is 9.28. The van der Waals surface area contributed by atoms with E-state index < -0.39 is 17.6 Å². The van der Waals surface area contributed by atoms with E-state index >= 15 is 0 Å². The zero-order valence-electron chi connectivity index (χ0n) is 10.8. The summed E-state index contributed by atoms with van der Waals surface area (Å²) in [5.74, 6) is -1.03. The predicted octanol–water partition coefficient (Wildman–Crippen LogP) is 1.25. The Bertz CT molecular complexity index is 532. The van der Waals surface area contributed by atoms with Crippen LogP contribution >= 0.6 is 0 Å². The quantitative estimate of drug-likeness (QED) is 0.900. The third kappa shape index (κ3) is 2.02. The molecule has 1 aromatic rings. The second-order valence-corrected chi connectivity index (χ2v) is 5.12. The van der Waals surface area contributed by atoms with E-state index in [-0.39, 0.29) is 25.9 Å². The fourth-order valence-electron chi connectivity index (χ4n) is 2.74. The van der Waals surface area contributed by atoms with E-state index in [0.717, 1.165) is 5.56 Å². The third-order valence-electron chi connectivity index (χ3n) is 3.85. The number of carbonyl (C=O) groups is 2. The Morgan fingerprint density at radius 1 is 1.40 bits per heavy atom. The number of nitrogens with zero attached hydrogens (tertiary/aromatic N) is 1. The van der Waals surface area contributed by atoms with Crippen LogP contribution in [0.25, 0.3) is 0 Å². The van der Waals surface area contributed by atoms with Crippen LogP contribution in [0, 0.1) is 0 Å². The molecule has 0 aromatic heterocycles. The first-order valence-corrected chi connectivity index (χ1v) is 6.45. The molecule has 2 heterocycles. The Morgan fingerprint density at radius 2 is 2.15 bits per heavy atom. The number of rotatable bonds is 3. The van der Waals surface area contributed by atoms with E-state index in [1.165, 1.54) is 4.90 Å². The molecular formula is C14H15NO5. The molecule has 20 heavy (non-hydrogen) atoms. The molecule has 2 unspecified atom stereocenters. The third-order valence-corrected chi connectivity index (χ3v) is 3.85. The molecule has 6 heteroatoms. The summed E-state index contributed by atoms with van der Waals surface area (Å²) in [6.07, 6.45) is -0.458. The number of morpholine rings is 1. The lowest BCUT2D eigenvalue weighted by Crippen LogP contribution is -2.56. The van der Waals surface area contributed by atoms with Gasteiger partial charge in [-0.15, -0.1) is 0 Å². The molecule has 3 rings (SSSR count). The minimum Gasteiger partial charge on any atom is -0.479 e. The van der Waals surface area contributed by atoms with Gasteiger partial charge in [-0.2, -0.15) is 0 Å². The van der Waals surface area contributed by atoms with Crippen molar-refractivity contribution >= 4 is 12.1 Å². The van der Waals surface area contributed by atoms with Crippen molar-refractivity contribution in [2.24, 2.45) is 0 Å². The summed E-state index contributed by atoms with van der Waals surface area (Å²) < 4.78 is 10.5. The summed E-state index contributed by atoms with van der Waals surface area (Å²) in [5.41, 5.74) is -0.385. The zero-order valence-corrected chi connectivity index (χ0v) is 10.8. The molecular weight excluding hydrogens is 262 g/mol. The number of amides is 1. The second kappa shape index (κ2) is 4.79. The Hall–Kier alpha value is -2.08. The van der Waals surface area contributed by atoms with Crippen molar-refractivity contribution < 1.29 is 24.2 Å². The number of likely N-dealkylation sites (tertiary alicyclic amines) is 1. The van der Waals surface area contributed by atoms with E-state index in [9.17, 15) is 14.7 Å². The van der Waals surface area contributed by atoms with Gasteiger partial charge in [0.15, 0.2) is 5.54 Å². The van der Waals surface area contributed by atoms with Gasteiger partial charge in [-0.05, 0) is 5.56 Å². The molecule has 1 aromatic carbocycles. The van der Waals surface area contributed by atoms with Gasteiger partial charge in [0, 0.05) is 6.42 Å². The molecule has 6 nitrogen and oxygen atoms in total. The molecule has 2 fully saturated rings. The van der Waals surface area contributed by atoms with Gasteiger partial charge >= 0.3 is 12.1 Å². The first-order valence-electron chi connectivity index (χ1n) is 6.45. The highest BCUT2D eigenvalue weighted by Crippen LogP contribution is 2.38. The van der Waals surface area contributed by atoms with Gasteiger partial charge in [-0.1, -0.05) is 30.3 Å². The van der Waals surface area contributed by atoms with Gasteiger partial charge in [-0.25, -0.2) is 9.59 Å². The number of carboxylic acids is 1. The molecule has 0 saturated carbocycles. The van der Waals surface area contributed by atoms with Crippen molar-refractivity contribution in [3.63, 3.8) is 0 Å². The number of carboxylic acid groups (broad SMARTS) is 1. The smallest absolute Gasteiger partial charge is 0.411 e. The Morgan fingerprint density at radius 3 is 2.80 bits per heavy atom. The molecule has 2 atom stereocenters. The number of hydrogen-bond donors (Lipinski definition) is 1. The normalized spacial score (nSPS) is 27.6. The Balaban J connectivity index is 1.67. The number of carbonyl (C=O) groups excluding carboxylic acids is 1. The maximum atomic E-state index is 12.1. The van der Waals surface area contributed by atoms with Crippen LogP contribution in [0.3, 0.4) is 0 Å². The van der Waals surface area contributed by atoms with Crippen LogP contribution in [0.2, 0.25) is 0 Å². The van der Waals surface area contributed by atoms with E-state index in [2.05, 4.69) is 0 Å². The monoisotopic (exact) mass is 277 g/mol. The molecule has 106 valence electrons. The standard InChI is InChI=1S/C14H15NO5/c16-12(17)14-6-11(20-9-14)7-15(14)13(18)19-8-10-4-2-1-3-5-10/h1-5,11H,6-9H2,(H,16,17). The van der Waals surface area contributed by atoms with Gasteiger partial charge in [0.1, 0.15) is 6.61 Å². The van der Waals surface area contributed by atoms with Gasteiger partial charge in [-0.3, -0.25) is 4.90 Å². The molecule has 1 N–H and O–H groups in total. The van der Waals surface area contributed by atoms with Crippen molar-refractivity contribution in [1.82, 2.24) is 4.90 Å². The van der Waals surface area contributed by atoms with Crippen LogP contribution < -0.4 is 0 Å². The highest BCUT2D eigenvalue weighted by molar-refractivity contribution is 5.86. The van der Waals surface area contributed by atoms with E-state index in [4.69, 9.17) is 9.47 Å². The lowest BCUT2D eigenvalue weighted by molar-refractivity contribution is -0.151. The first-order chi connectivity index (χ1) is 9.62. The lowest BCUT2D eigenvalue weighted by Gasteiger charge is -2.33. The molecule has 2 saturated heterocycles. The van der Waals surface area contributed by atoms with Crippen LogP contribution in [0.4, 0.5) is 4.79 Å². The summed E-state index contributed by atoms with van der Waals surface area (Å²) in [6.45, 7) is 0.449. The summed E-state index contributed by atoms with van der Waals surface area (Å²) in [4.78, 5) is 24.8. The molecule has 0 spiro atoms. The number of hydrogen-bond acceptors (Lipinski definition) is 4. The van der Waals surface area contributed by atoms with Gasteiger partial charge in [0.25, 0.3) is 0 Å². The topological polar surface area (TPSA) is 76.1 Å². The van der Waals surface area contributed by atoms with Crippen molar-refractivity contribution in [3.8, 4) is 0 Å². The van der Waals surface area contributed by atoms with Crippen molar-refractivity contribution in [1.29, 1.82) is 0 Å². The van der Waals surface area contributed by atoms with Gasteiger partial charge in [0.05, 0.1) is 19.3 Å². The van der Waals surface area contributed by atoms with Crippen molar-refractivity contribution in [2.45, 2.75) is 24.7 Å². The van der Waals surface area contributed by atoms with Gasteiger partial charge in [0.2, 0.25) is 0 Å². The van der Waals surface area contributed by atoms with E-state index in [0.29, 0.717) is 6.42 Å².